The second-order valence-electron chi connectivity index (χ2n) is 4.93. The van der Waals surface area contributed by atoms with Crippen LogP contribution in [-0.4, -0.2) is 30.9 Å². The second kappa shape index (κ2) is 4.82. The Morgan fingerprint density at radius 3 is 2.89 bits per heavy atom. The first-order valence-corrected chi connectivity index (χ1v) is 6.45. The van der Waals surface area contributed by atoms with E-state index >= 15 is 0 Å². The standard InChI is InChI=1S/C13H16O5/c14-12-8-4-3-5-9(11(8)13(15)18-12)17-10-6-1-2-7-16-10/h3,5,8-11H,1-2,4,6-7H2/t8-,9+,10?,11-/m0/s1. The first-order chi connectivity index (χ1) is 8.75. The largest absolute Gasteiger partial charge is 0.393 e. The first kappa shape index (κ1) is 11.9. The van der Waals surface area contributed by atoms with E-state index in [1.165, 1.54) is 0 Å². The maximum atomic E-state index is 11.7. The monoisotopic (exact) mass is 252 g/mol. The zero-order valence-corrected chi connectivity index (χ0v) is 10.0. The average Bonchev–Trinajstić information content (AvgIpc) is 2.67. The van der Waals surface area contributed by atoms with Crippen LogP contribution in [0.2, 0.25) is 0 Å². The predicted octanol–water partition coefficient (Wildman–Crippen LogP) is 1.17. The fourth-order valence-corrected chi connectivity index (χ4v) is 2.76. The summed E-state index contributed by atoms with van der Waals surface area (Å²) in [5.41, 5.74) is 0. The number of allylic oxidation sites excluding steroid dienone is 1. The SMILES string of the molecule is O=C1OC(=O)[C@H]2CC=C[C@@H](OC3CCCCO3)[C@@H]12. The highest BCUT2D eigenvalue weighted by atomic mass is 16.7. The molecule has 0 saturated carbocycles. The minimum atomic E-state index is -0.493. The van der Waals surface area contributed by atoms with Crippen molar-refractivity contribution in [3.63, 3.8) is 0 Å². The van der Waals surface area contributed by atoms with Crippen LogP contribution in [0.15, 0.2) is 12.2 Å². The number of rotatable bonds is 2. The van der Waals surface area contributed by atoms with Crippen molar-refractivity contribution in [1.29, 1.82) is 0 Å². The number of ether oxygens (including phenoxy) is 3. The van der Waals surface area contributed by atoms with E-state index in [0.717, 1.165) is 19.3 Å². The minimum absolute atomic E-state index is 0.268. The maximum Gasteiger partial charge on any atom is 0.320 e. The summed E-state index contributed by atoms with van der Waals surface area (Å²) in [7, 11) is 0. The number of carbonyl (C=O) groups excluding carboxylic acids is 2. The Bertz CT molecular complexity index is 383. The quantitative estimate of drug-likeness (QED) is 0.419. The van der Waals surface area contributed by atoms with Crippen LogP contribution in [0.3, 0.4) is 0 Å². The number of hydrogen-bond donors (Lipinski definition) is 0. The number of esters is 2. The average molecular weight is 252 g/mol. The molecule has 2 aliphatic heterocycles. The lowest BCUT2D eigenvalue weighted by molar-refractivity contribution is -0.192. The third-order valence-corrected chi connectivity index (χ3v) is 3.73. The van der Waals surface area contributed by atoms with Crippen molar-refractivity contribution in [3.05, 3.63) is 12.2 Å². The molecule has 2 saturated heterocycles. The zero-order chi connectivity index (χ0) is 12.5. The van der Waals surface area contributed by atoms with Gasteiger partial charge in [0.05, 0.1) is 12.0 Å². The second-order valence-corrected chi connectivity index (χ2v) is 4.93. The third-order valence-electron chi connectivity index (χ3n) is 3.73. The highest BCUT2D eigenvalue weighted by molar-refractivity contribution is 5.97. The van der Waals surface area contributed by atoms with Gasteiger partial charge in [-0.2, -0.15) is 0 Å². The Morgan fingerprint density at radius 1 is 1.22 bits per heavy atom. The molecule has 1 aliphatic carbocycles. The van der Waals surface area contributed by atoms with Crippen LogP contribution in [0, 0.1) is 11.8 Å². The fourth-order valence-electron chi connectivity index (χ4n) is 2.76. The molecule has 0 aromatic carbocycles. The topological polar surface area (TPSA) is 61.8 Å². The molecule has 0 N–H and O–H groups in total. The molecule has 0 bridgehead atoms. The molecule has 0 aromatic rings. The summed E-state index contributed by atoms with van der Waals surface area (Å²) in [5.74, 6) is -1.76. The number of hydrogen-bond acceptors (Lipinski definition) is 5. The lowest BCUT2D eigenvalue weighted by Gasteiger charge is -2.30. The van der Waals surface area contributed by atoms with Gasteiger partial charge in [-0.25, -0.2) is 0 Å². The molecule has 98 valence electrons. The van der Waals surface area contributed by atoms with Crippen LogP contribution in [0.4, 0.5) is 0 Å². The molecular formula is C13H16O5. The van der Waals surface area contributed by atoms with Crippen molar-refractivity contribution in [1.82, 2.24) is 0 Å². The van der Waals surface area contributed by atoms with Gasteiger partial charge in [0.25, 0.3) is 0 Å². The molecule has 5 nitrogen and oxygen atoms in total. The van der Waals surface area contributed by atoms with Crippen LogP contribution in [0.5, 0.6) is 0 Å². The zero-order valence-electron chi connectivity index (χ0n) is 10.0. The van der Waals surface area contributed by atoms with Crippen LogP contribution in [-0.2, 0) is 23.8 Å². The molecule has 18 heavy (non-hydrogen) atoms. The Hall–Kier alpha value is -1.20. The molecule has 2 fully saturated rings. The third kappa shape index (κ3) is 2.08. The molecule has 3 aliphatic rings. The highest BCUT2D eigenvalue weighted by Gasteiger charge is 2.49. The van der Waals surface area contributed by atoms with Gasteiger partial charge in [-0.05, 0) is 25.7 Å². The van der Waals surface area contributed by atoms with Crippen molar-refractivity contribution >= 4 is 11.9 Å². The molecular weight excluding hydrogens is 236 g/mol. The van der Waals surface area contributed by atoms with E-state index in [1.54, 1.807) is 0 Å². The Kier molecular flexibility index (Phi) is 3.18. The Labute approximate surface area is 105 Å². The molecule has 1 unspecified atom stereocenters. The summed E-state index contributed by atoms with van der Waals surface area (Å²) < 4.78 is 16.0. The normalized spacial score (nSPS) is 39.6. The van der Waals surface area contributed by atoms with Gasteiger partial charge in [0.15, 0.2) is 6.29 Å². The summed E-state index contributed by atoms with van der Waals surface area (Å²) in [4.78, 5) is 23.2. The summed E-state index contributed by atoms with van der Waals surface area (Å²) in [6.45, 7) is 0.693. The molecule has 5 heteroatoms. The highest BCUT2D eigenvalue weighted by Crippen LogP contribution is 2.36. The smallest absolute Gasteiger partial charge is 0.320 e. The number of fused-ring (bicyclic) bond motifs is 1. The predicted molar refractivity (Wildman–Crippen MR) is 60.3 cm³/mol. The van der Waals surface area contributed by atoms with Gasteiger partial charge in [-0.3, -0.25) is 9.59 Å². The molecule has 0 amide bonds. The number of carbonyl (C=O) groups is 2. The maximum absolute atomic E-state index is 11.7. The Morgan fingerprint density at radius 2 is 2.11 bits per heavy atom. The van der Waals surface area contributed by atoms with E-state index in [-0.39, 0.29) is 12.2 Å². The molecule has 4 atom stereocenters. The van der Waals surface area contributed by atoms with Crippen molar-refractivity contribution in [2.75, 3.05) is 6.61 Å². The van der Waals surface area contributed by atoms with Gasteiger partial charge >= 0.3 is 11.9 Å². The van der Waals surface area contributed by atoms with Gasteiger partial charge in [0.1, 0.15) is 5.92 Å². The van der Waals surface area contributed by atoms with Crippen molar-refractivity contribution in [2.45, 2.75) is 38.1 Å². The van der Waals surface area contributed by atoms with E-state index < -0.39 is 24.0 Å². The van der Waals surface area contributed by atoms with E-state index in [4.69, 9.17) is 9.47 Å². The minimum Gasteiger partial charge on any atom is -0.393 e. The van der Waals surface area contributed by atoms with Gasteiger partial charge in [-0.15, -0.1) is 0 Å². The van der Waals surface area contributed by atoms with Crippen LogP contribution < -0.4 is 0 Å². The summed E-state index contributed by atoms with van der Waals surface area (Å²) in [6.07, 6.45) is 6.58. The van der Waals surface area contributed by atoms with Gasteiger partial charge in [0, 0.05) is 6.61 Å². The van der Waals surface area contributed by atoms with Crippen LogP contribution in [0.1, 0.15) is 25.7 Å². The van der Waals surface area contributed by atoms with Crippen LogP contribution in [0.25, 0.3) is 0 Å². The van der Waals surface area contributed by atoms with E-state index in [2.05, 4.69) is 4.74 Å². The number of cyclic esters (lactones) is 2. The summed E-state index contributed by atoms with van der Waals surface area (Å²) in [5, 5.41) is 0. The molecule has 2 heterocycles. The van der Waals surface area contributed by atoms with Gasteiger partial charge in [0.2, 0.25) is 0 Å². The molecule has 0 radical (unpaired) electrons. The fraction of sp³-hybridized carbons (Fsp3) is 0.692. The van der Waals surface area contributed by atoms with Crippen molar-refractivity contribution in [2.24, 2.45) is 11.8 Å². The van der Waals surface area contributed by atoms with Crippen molar-refractivity contribution < 1.29 is 23.8 Å². The van der Waals surface area contributed by atoms with E-state index in [0.29, 0.717) is 13.0 Å². The summed E-state index contributed by atoms with van der Waals surface area (Å²) >= 11 is 0. The van der Waals surface area contributed by atoms with Crippen molar-refractivity contribution in [3.8, 4) is 0 Å². The molecule has 0 spiro atoms. The Balaban J connectivity index is 1.71. The van der Waals surface area contributed by atoms with E-state index in [9.17, 15) is 9.59 Å². The van der Waals surface area contributed by atoms with E-state index in [1.807, 2.05) is 12.2 Å². The molecule has 3 rings (SSSR count). The molecule has 0 aromatic heterocycles. The summed E-state index contributed by atoms with van der Waals surface area (Å²) in [6, 6.07) is 0. The first-order valence-electron chi connectivity index (χ1n) is 6.45. The van der Waals surface area contributed by atoms with Gasteiger partial charge in [-0.1, -0.05) is 12.2 Å². The lowest BCUT2D eigenvalue weighted by atomic mass is 9.83. The lowest BCUT2D eigenvalue weighted by Crippen LogP contribution is -2.38. The van der Waals surface area contributed by atoms with Gasteiger partial charge < -0.3 is 14.2 Å². The van der Waals surface area contributed by atoms with Crippen LogP contribution >= 0.6 is 0 Å².